The van der Waals surface area contributed by atoms with E-state index in [0.717, 1.165) is 33.6 Å². The van der Waals surface area contributed by atoms with E-state index in [0.29, 0.717) is 5.89 Å². The molecular formula is C23H21N3O2. The van der Waals surface area contributed by atoms with Crippen LogP contribution >= 0.6 is 0 Å². The van der Waals surface area contributed by atoms with Crippen molar-refractivity contribution in [3.05, 3.63) is 89.8 Å². The highest BCUT2D eigenvalue weighted by Gasteiger charge is 2.21. The van der Waals surface area contributed by atoms with Gasteiger partial charge >= 0.3 is 0 Å². The van der Waals surface area contributed by atoms with Crippen molar-refractivity contribution >= 4 is 28.4 Å². The fraction of sp³-hybridized carbons (Fsp3) is 0.130. The minimum atomic E-state index is -0.548. The molecule has 1 heterocycles. The van der Waals surface area contributed by atoms with Gasteiger partial charge in [-0.2, -0.15) is 0 Å². The number of fused-ring (bicyclic) bond motifs is 1. The van der Waals surface area contributed by atoms with Gasteiger partial charge in [0.2, 0.25) is 0 Å². The Labute approximate surface area is 163 Å². The number of nitrogens with zero attached hydrogens (tertiary/aromatic N) is 1. The lowest BCUT2D eigenvalue weighted by molar-refractivity contribution is -0.117. The van der Waals surface area contributed by atoms with Crippen LogP contribution in [0.15, 0.2) is 77.2 Å². The lowest BCUT2D eigenvalue weighted by atomic mass is 10.1. The van der Waals surface area contributed by atoms with Crippen molar-refractivity contribution in [2.24, 2.45) is 0 Å². The average molecular weight is 371 g/mol. The molecule has 5 nitrogen and oxygen atoms in total. The number of carbonyl (C=O) groups is 1. The van der Waals surface area contributed by atoms with Crippen LogP contribution in [0.1, 0.15) is 23.1 Å². The Morgan fingerprint density at radius 3 is 2.39 bits per heavy atom. The van der Waals surface area contributed by atoms with Gasteiger partial charge in [0, 0.05) is 18.3 Å². The second kappa shape index (κ2) is 7.56. The second-order valence-corrected chi connectivity index (χ2v) is 6.76. The van der Waals surface area contributed by atoms with Crippen molar-refractivity contribution in [3.63, 3.8) is 0 Å². The molecule has 1 amide bonds. The molecule has 1 atom stereocenters. The lowest BCUT2D eigenvalue weighted by Gasteiger charge is -2.20. The van der Waals surface area contributed by atoms with Crippen molar-refractivity contribution in [2.75, 3.05) is 10.6 Å². The molecule has 28 heavy (non-hydrogen) atoms. The third kappa shape index (κ3) is 3.88. The van der Waals surface area contributed by atoms with Gasteiger partial charge in [0.25, 0.3) is 5.91 Å². The van der Waals surface area contributed by atoms with Crippen LogP contribution in [0, 0.1) is 13.8 Å². The number of amides is 1. The van der Waals surface area contributed by atoms with E-state index in [4.69, 9.17) is 4.42 Å². The third-order valence-electron chi connectivity index (χ3n) is 4.52. The maximum absolute atomic E-state index is 13.1. The molecule has 0 aliphatic heterocycles. The SMILES string of the molecule is Cc1ccc(NC(=O)[C@H](Nc2ccc3oc(C)nc3c2)c2ccccc2)cc1. The van der Waals surface area contributed by atoms with E-state index in [1.54, 1.807) is 0 Å². The van der Waals surface area contributed by atoms with Crippen molar-refractivity contribution in [3.8, 4) is 0 Å². The summed E-state index contributed by atoms with van der Waals surface area (Å²) in [7, 11) is 0. The minimum Gasteiger partial charge on any atom is -0.441 e. The smallest absolute Gasteiger partial charge is 0.251 e. The number of hydrogen-bond acceptors (Lipinski definition) is 4. The molecule has 4 rings (SSSR count). The van der Waals surface area contributed by atoms with Gasteiger partial charge < -0.3 is 15.1 Å². The summed E-state index contributed by atoms with van der Waals surface area (Å²) in [6.45, 7) is 3.83. The van der Waals surface area contributed by atoms with Crippen molar-refractivity contribution in [2.45, 2.75) is 19.9 Å². The third-order valence-corrected chi connectivity index (χ3v) is 4.52. The number of carbonyl (C=O) groups excluding carboxylic acids is 1. The highest BCUT2D eigenvalue weighted by molar-refractivity contribution is 5.97. The molecule has 0 saturated carbocycles. The normalized spacial score (nSPS) is 11.9. The molecular weight excluding hydrogens is 350 g/mol. The van der Waals surface area contributed by atoms with E-state index in [1.807, 2.05) is 86.6 Å². The summed E-state index contributed by atoms with van der Waals surface area (Å²) in [5.41, 5.74) is 5.07. The van der Waals surface area contributed by atoms with E-state index >= 15 is 0 Å². The Hall–Kier alpha value is -3.60. The highest BCUT2D eigenvalue weighted by Crippen LogP contribution is 2.25. The Morgan fingerprint density at radius 1 is 0.929 bits per heavy atom. The molecule has 0 saturated heterocycles. The lowest BCUT2D eigenvalue weighted by Crippen LogP contribution is -2.27. The first-order valence-electron chi connectivity index (χ1n) is 9.15. The zero-order valence-electron chi connectivity index (χ0n) is 15.8. The summed E-state index contributed by atoms with van der Waals surface area (Å²) >= 11 is 0. The van der Waals surface area contributed by atoms with Gasteiger partial charge in [0.15, 0.2) is 11.5 Å². The predicted octanol–water partition coefficient (Wildman–Crippen LogP) is 5.24. The average Bonchev–Trinajstić information content (AvgIpc) is 3.07. The molecule has 2 N–H and O–H groups in total. The van der Waals surface area contributed by atoms with Crippen LogP contribution < -0.4 is 10.6 Å². The van der Waals surface area contributed by atoms with Crippen LogP contribution in [0.2, 0.25) is 0 Å². The largest absolute Gasteiger partial charge is 0.441 e. The first kappa shape index (κ1) is 17.8. The van der Waals surface area contributed by atoms with Gasteiger partial charge in [-0.3, -0.25) is 4.79 Å². The Balaban J connectivity index is 1.62. The van der Waals surface area contributed by atoms with Crippen LogP contribution in [-0.2, 0) is 4.79 Å². The molecule has 0 radical (unpaired) electrons. The van der Waals surface area contributed by atoms with E-state index in [1.165, 1.54) is 0 Å². The fourth-order valence-corrected chi connectivity index (χ4v) is 3.10. The number of hydrogen-bond donors (Lipinski definition) is 2. The number of aryl methyl sites for hydroxylation is 2. The van der Waals surface area contributed by atoms with E-state index in [-0.39, 0.29) is 5.91 Å². The molecule has 0 bridgehead atoms. The summed E-state index contributed by atoms with van der Waals surface area (Å²) in [5.74, 6) is 0.482. The number of anilines is 2. The molecule has 0 spiro atoms. The van der Waals surface area contributed by atoms with Gasteiger partial charge in [-0.15, -0.1) is 0 Å². The maximum Gasteiger partial charge on any atom is 0.251 e. The number of aromatic nitrogens is 1. The number of benzene rings is 3. The van der Waals surface area contributed by atoms with Gasteiger partial charge in [-0.05, 0) is 42.8 Å². The highest BCUT2D eigenvalue weighted by atomic mass is 16.3. The monoisotopic (exact) mass is 371 g/mol. The van der Waals surface area contributed by atoms with Gasteiger partial charge in [0.1, 0.15) is 11.6 Å². The standard InChI is InChI=1S/C23H21N3O2/c1-15-8-10-18(11-9-15)26-23(27)22(17-6-4-3-5-7-17)25-19-12-13-21-20(14-19)24-16(2)28-21/h3-14,22,25H,1-2H3,(H,26,27)/t22-/m1/s1. The zero-order valence-corrected chi connectivity index (χ0v) is 15.8. The van der Waals surface area contributed by atoms with Crippen LogP contribution in [0.5, 0.6) is 0 Å². The van der Waals surface area contributed by atoms with Crippen LogP contribution in [0.25, 0.3) is 11.1 Å². The van der Waals surface area contributed by atoms with Crippen molar-refractivity contribution in [1.29, 1.82) is 0 Å². The first-order valence-corrected chi connectivity index (χ1v) is 9.15. The quantitative estimate of drug-likeness (QED) is 0.504. The zero-order chi connectivity index (χ0) is 19.5. The molecule has 3 aromatic carbocycles. The van der Waals surface area contributed by atoms with E-state index in [9.17, 15) is 4.79 Å². The number of rotatable bonds is 5. The molecule has 5 heteroatoms. The minimum absolute atomic E-state index is 0.133. The maximum atomic E-state index is 13.1. The van der Waals surface area contributed by atoms with Crippen LogP contribution in [-0.4, -0.2) is 10.9 Å². The summed E-state index contributed by atoms with van der Waals surface area (Å²) in [6, 6.07) is 22.5. The second-order valence-electron chi connectivity index (χ2n) is 6.76. The summed E-state index contributed by atoms with van der Waals surface area (Å²) in [5, 5.41) is 6.33. The molecule has 4 aromatic rings. The first-order chi connectivity index (χ1) is 13.6. The Morgan fingerprint density at radius 2 is 1.64 bits per heavy atom. The molecule has 0 aliphatic carbocycles. The molecule has 140 valence electrons. The Kier molecular flexibility index (Phi) is 4.81. The molecule has 0 fully saturated rings. The van der Waals surface area contributed by atoms with Crippen LogP contribution in [0.4, 0.5) is 11.4 Å². The molecule has 0 aliphatic rings. The summed E-state index contributed by atoms with van der Waals surface area (Å²) in [4.78, 5) is 17.4. The van der Waals surface area contributed by atoms with Crippen molar-refractivity contribution < 1.29 is 9.21 Å². The fourth-order valence-electron chi connectivity index (χ4n) is 3.10. The summed E-state index contributed by atoms with van der Waals surface area (Å²) < 4.78 is 5.53. The Bertz CT molecular complexity index is 1100. The van der Waals surface area contributed by atoms with Gasteiger partial charge in [0.05, 0.1) is 0 Å². The van der Waals surface area contributed by atoms with E-state index < -0.39 is 6.04 Å². The molecule has 0 unspecified atom stereocenters. The molecule has 1 aromatic heterocycles. The number of nitrogens with one attached hydrogen (secondary N) is 2. The van der Waals surface area contributed by atoms with Gasteiger partial charge in [-0.25, -0.2) is 4.98 Å². The topological polar surface area (TPSA) is 67.2 Å². The van der Waals surface area contributed by atoms with E-state index in [2.05, 4.69) is 15.6 Å². The summed E-state index contributed by atoms with van der Waals surface area (Å²) in [6.07, 6.45) is 0. The number of oxazole rings is 1. The van der Waals surface area contributed by atoms with Gasteiger partial charge in [-0.1, -0.05) is 48.0 Å². The predicted molar refractivity (Wildman–Crippen MR) is 111 cm³/mol. The van der Waals surface area contributed by atoms with Crippen molar-refractivity contribution in [1.82, 2.24) is 4.98 Å². The van der Waals surface area contributed by atoms with Crippen LogP contribution in [0.3, 0.4) is 0 Å².